The molecule has 0 saturated heterocycles. The maximum atomic E-state index is 12.1. The number of hydrazone groups is 1. The number of rotatable bonds is 7. The van der Waals surface area contributed by atoms with Gasteiger partial charge in [-0.1, -0.05) is 34.1 Å². The van der Waals surface area contributed by atoms with Crippen LogP contribution in [0.5, 0.6) is 11.5 Å². The molecule has 0 fully saturated rings. The van der Waals surface area contributed by atoms with Gasteiger partial charge in [0.25, 0.3) is 0 Å². The Morgan fingerprint density at radius 1 is 1.14 bits per heavy atom. The molecule has 29 heavy (non-hydrogen) atoms. The molecule has 6 nitrogen and oxygen atoms in total. The fourth-order valence-electron chi connectivity index (χ4n) is 2.40. The largest absolute Gasteiger partial charge is 0.493 e. The highest BCUT2D eigenvalue weighted by molar-refractivity contribution is 9.10. The second-order valence-electron chi connectivity index (χ2n) is 5.87. The molecule has 2 aromatic carbocycles. The Balaban J connectivity index is 1.59. The fourth-order valence-corrected chi connectivity index (χ4v) is 3.26. The zero-order valence-electron chi connectivity index (χ0n) is 15.4. The number of methoxy groups -OCH3 is 1. The van der Waals surface area contributed by atoms with E-state index in [0.717, 1.165) is 10.0 Å². The van der Waals surface area contributed by atoms with Crippen LogP contribution in [0.2, 0.25) is 0 Å². The highest BCUT2D eigenvalue weighted by Gasteiger charge is 2.13. The standard InChI is InChI=1S/C21H17BrN2O4S/c1-27-18-11-15(6-9-17(18)28-21(26)19-3-2-10-29-19)13-23-24-20(25)12-14-4-7-16(22)8-5-14/h2-11,13H,12H2,1H3,(H,24,25)/b23-13+. The summed E-state index contributed by atoms with van der Waals surface area (Å²) in [5.41, 5.74) is 4.06. The number of amides is 1. The van der Waals surface area contributed by atoms with Gasteiger partial charge in [-0.25, -0.2) is 10.2 Å². The minimum absolute atomic E-state index is 0.225. The van der Waals surface area contributed by atoms with E-state index < -0.39 is 5.97 Å². The molecular weight excluding hydrogens is 456 g/mol. The first-order valence-corrected chi connectivity index (χ1v) is 10.2. The van der Waals surface area contributed by atoms with E-state index in [-0.39, 0.29) is 12.3 Å². The van der Waals surface area contributed by atoms with Crippen molar-refractivity contribution in [3.8, 4) is 11.5 Å². The molecule has 8 heteroatoms. The van der Waals surface area contributed by atoms with Crippen LogP contribution in [0, 0.1) is 0 Å². The number of esters is 1. The molecule has 0 radical (unpaired) electrons. The van der Waals surface area contributed by atoms with Crippen LogP contribution in [0.15, 0.2) is 69.6 Å². The van der Waals surface area contributed by atoms with Gasteiger partial charge in [-0.2, -0.15) is 5.10 Å². The summed E-state index contributed by atoms with van der Waals surface area (Å²) in [5.74, 6) is 0.0272. The fraction of sp³-hybridized carbons (Fsp3) is 0.0952. The molecule has 0 atom stereocenters. The summed E-state index contributed by atoms with van der Waals surface area (Å²) in [6.07, 6.45) is 1.72. The van der Waals surface area contributed by atoms with Gasteiger partial charge < -0.3 is 9.47 Å². The maximum Gasteiger partial charge on any atom is 0.353 e. The summed E-state index contributed by atoms with van der Waals surface area (Å²) in [6, 6.07) is 16.0. The van der Waals surface area contributed by atoms with Crippen molar-refractivity contribution in [2.24, 2.45) is 5.10 Å². The Kier molecular flexibility index (Phi) is 7.15. The van der Waals surface area contributed by atoms with E-state index in [1.165, 1.54) is 24.7 Å². The molecule has 0 aliphatic heterocycles. The van der Waals surface area contributed by atoms with Crippen molar-refractivity contribution in [3.63, 3.8) is 0 Å². The Hall–Kier alpha value is -2.97. The van der Waals surface area contributed by atoms with Gasteiger partial charge in [0.1, 0.15) is 4.88 Å². The summed E-state index contributed by atoms with van der Waals surface area (Å²) in [6.45, 7) is 0. The molecule has 1 aromatic heterocycles. The number of benzene rings is 2. The molecule has 0 aliphatic rings. The van der Waals surface area contributed by atoms with Crippen molar-refractivity contribution in [1.29, 1.82) is 0 Å². The smallest absolute Gasteiger partial charge is 0.353 e. The van der Waals surface area contributed by atoms with Gasteiger partial charge in [0, 0.05) is 4.47 Å². The molecule has 0 bridgehead atoms. The summed E-state index contributed by atoms with van der Waals surface area (Å²) in [7, 11) is 1.48. The molecular formula is C21H17BrN2O4S. The first kappa shape index (κ1) is 20.8. The van der Waals surface area contributed by atoms with Crippen LogP contribution in [0.25, 0.3) is 0 Å². The summed E-state index contributed by atoms with van der Waals surface area (Å²) < 4.78 is 11.6. The highest BCUT2D eigenvalue weighted by atomic mass is 79.9. The number of hydrogen-bond donors (Lipinski definition) is 1. The zero-order chi connectivity index (χ0) is 20.6. The van der Waals surface area contributed by atoms with E-state index in [2.05, 4.69) is 26.5 Å². The molecule has 3 rings (SSSR count). The predicted octanol–water partition coefficient (Wildman–Crippen LogP) is 4.43. The summed E-state index contributed by atoms with van der Waals surface area (Å²) in [5, 5.41) is 5.77. The molecule has 148 valence electrons. The van der Waals surface area contributed by atoms with Crippen molar-refractivity contribution < 1.29 is 19.1 Å². The number of carbonyl (C=O) groups excluding carboxylic acids is 2. The zero-order valence-corrected chi connectivity index (χ0v) is 17.8. The molecule has 1 heterocycles. The Morgan fingerprint density at radius 2 is 1.93 bits per heavy atom. The number of hydrogen-bond acceptors (Lipinski definition) is 6. The lowest BCUT2D eigenvalue weighted by Crippen LogP contribution is -2.19. The average molecular weight is 473 g/mol. The SMILES string of the molecule is COc1cc(/C=N/NC(=O)Cc2ccc(Br)cc2)ccc1OC(=O)c1cccs1. The van der Waals surface area contributed by atoms with Gasteiger partial charge in [-0.05, 0) is 52.9 Å². The second kappa shape index (κ2) is 9.99. The monoisotopic (exact) mass is 472 g/mol. The third-order valence-corrected chi connectivity index (χ3v) is 5.17. The minimum Gasteiger partial charge on any atom is -0.493 e. The number of ether oxygens (including phenoxy) is 2. The van der Waals surface area contributed by atoms with Crippen molar-refractivity contribution in [1.82, 2.24) is 5.43 Å². The first-order chi connectivity index (χ1) is 14.0. The minimum atomic E-state index is -0.445. The van der Waals surface area contributed by atoms with Crippen molar-refractivity contribution in [3.05, 3.63) is 80.5 Å². The predicted molar refractivity (Wildman–Crippen MR) is 116 cm³/mol. The lowest BCUT2D eigenvalue weighted by Gasteiger charge is -2.09. The third-order valence-electron chi connectivity index (χ3n) is 3.79. The van der Waals surface area contributed by atoms with Crippen LogP contribution in [-0.4, -0.2) is 25.2 Å². The number of thiophene rings is 1. The van der Waals surface area contributed by atoms with E-state index in [0.29, 0.717) is 21.9 Å². The maximum absolute atomic E-state index is 12.1. The molecule has 0 spiro atoms. The van der Waals surface area contributed by atoms with Gasteiger partial charge in [-0.3, -0.25) is 4.79 Å². The van der Waals surface area contributed by atoms with Gasteiger partial charge >= 0.3 is 5.97 Å². The van der Waals surface area contributed by atoms with Crippen molar-refractivity contribution in [2.45, 2.75) is 6.42 Å². The first-order valence-electron chi connectivity index (χ1n) is 8.55. The summed E-state index contributed by atoms with van der Waals surface area (Å²) >= 11 is 4.66. The van der Waals surface area contributed by atoms with Crippen LogP contribution in [0.4, 0.5) is 0 Å². The Bertz CT molecular complexity index is 1020. The quantitative estimate of drug-likeness (QED) is 0.238. The summed E-state index contributed by atoms with van der Waals surface area (Å²) in [4.78, 5) is 24.6. The Labute approximate surface area is 180 Å². The van der Waals surface area contributed by atoms with Gasteiger partial charge in [0.2, 0.25) is 5.91 Å². The lowest BCUT2D eigenvalue weighted by atomic mass is 10.1. The van der Waals surface area contributed by atoms with Gasteiger partial charge in [0.05, 0.1) is 19.7 Å². The van der Waals surface area contributed by atoms with Gasteiger partial charge in [0.15, 0.2) is 11.5 Å². The molecule has 3 aromatic rings. The van der Waals surface area contributed by atoms with Crippen LogP contribution in [-0.2, 0) is 11.2 Å². The van der Waals surface area contributed by atoms with E-state index in [9.17, 15) is 9.59 Å². The molecule has 0 saturated carbocycles. The number of nitrogens with zero attached hydrogens (tertiary/aromatic N) is 1. The normalized spacial score (nSPS) is 10.7. The Morgan fingerprint density at radius 3 is 2.62 bits per heavy atom. The van der Waals surface area contributed by atoms with Crippen molar-refractivity contribution >= 4 is 45.4 Å². The van der Waals surface area contributed by atoms with E-state index in [4.69, 9.17) is 9.47 Å². The lowest BCUT2D eigenvalue weighted by molar-refractivity contribution is -0.120. The molecule has 1 N–H and O–H groups in total. The van der Waals surface area contributed by atoms with Crippen molar-refractivity contribution in [2.75, 3.05) is 7.11 Å². The van der Waals surface area contributed by atoms with E-state index in [1.54, 1.807) is 35.7 Å². The van der Waals surface area contributed by atoms with Crippen LogP contribution in [0.3, 0.4) is 0 Å². The molecule has 0 aliphatic carbocycles. The van der Waals surface area contributed by atoms with Crippen LogP contribution in [0.1, 0.15) is 20.8 Å². The topological polar surface area (TPSA) is 77.0 Å². The molecule has 0 unspecified atom stereocenters. The third kappa shape index (κ3) is 6.00. The van der Waals surface area contributed by atoms with E-state index >= 15 is 0 Å². The van der Waals surface area contributed by atoms with Crippen LogP contribution < -0.4 is 14.9 Å². The molecule has 1 amide bonds. The number of nitrogens with one attached hydrogen (secondary N) is 1. The highest BCUT2D eigenvalue weighted by Crippen LogP contribution is 2.28. The van der Waals surface area contributed by atoms with Gasteiger partial charge in [-0.15, -0.1) is 11.3 Å². The van der Waals surface area contributed by atoms with Crippen LogP contribution >= 0.6 is 27.3 Å². The van der Waals surface area contributed by atoms with E-state index in [1.807, 2.05) is 24.3 Å². The second-order valence-corrected chi connectivity index (χ2v) is 7.74. The average Bonchev–Trinajstić information content (AvgIpc) is 3.26. The number of halogens is 1. The number of carbonyl (C=O) groups is 2.